The van der Waals surface area contributed by atoms with Crippen LogP contribution >= 0.6 is 0 Å². The van der Waals surface area contributed by atoms with Crippen molar-refractivity contribution in [2.45, 2.75) is 18.4 Å². The van der Waals surface area contributed by atoms with Crippen molar-refractivity contribution >= 4 is 22.1 Å². The third-order valence-corrected chi connectivity index (χ3v) is 6.35. The summed E-state index contributed by atoms with van der Waals surface area (Å²) < 4.78 is 27.9. The van der Waals surface area contributed by atoms with Gasteiger partial charge in [0.1, 0.15) is 5.54 Å². The van der Waals surface area contributed by atoms with Gasteiger partial charge in [0.2, 0.25) is 0 Å². The van der Waals surface area contributed by atoms with Crippen LogP contribution in [0.25, 0.3) is 0 Å². The molecule has 0 saturated carbocycles. The molecular weight excluding hydrogens is 298 g/mol. The molecule has 0 atom stereocenters. The van der Waals surface area contributed by atoms with Gasteiger partial charge in [0, 0.05) is 39.3 Å². The molecule has 3 N–H and O–H groups in total. The Hall–Kier alpha value is -1.23. The van der Waals surface area contributed by atoms with Gasteiger partial charge in [0.25, 0.3) is 16.1 Å². The first-order valence-electron chi connectivity index (χ1n) is 7.04. The van der Waals surface area contributed by atoms with E-state index < -0.39 is 21.8 Å². The molecule has 3 aliphatic rings. The predicted molar refractivity (Wildman–Crippen MR) is 73.6 cm³/mol. The summed E-state index contributed by atoms with van der Waals surface area (Å²) in [7, 11) is -3.48. The topological polar surface area (TPSA) is 111 Å². The fraction of sp³-hybridized carbons (Fsp3) is 0.818. The van der Waals surface area contributed by atoms with Crippen LogP contribution in [0.4, 0.5) is 4.79 Å². The molecule has 10 heteroatoms. The minimum atomic E-state index is -3.48. The van der Waals surface area contributed by atoms with Crippen molar-refractivity contribution in [2.24, 2.45) is 0 Å². The average molecular weight is 317 g/mol. The van der Waals surface area contributed by atoms with E-state index in [2.05, 4.69) is 16.0 Å². The highest BCUT2D eigenvalue weighted by Crippen LogP contribution is 2.27. The highest BCUT2D eigenvalue weighted by molar-refractivity contribution is 7.86. The molecule has 9 nitrogen and oxygen atoms in total. The van der Waals surface area contributed by atoms with Crippen LogP contribution in [0.1, 0.15) is 12.8 Å². The number of carbonyl (C=O) groups excluding carboxylic acids is 2. The highest BCUT2D eigenvalue weighted by Gasteiger charge is 2.49. The Morgan fingerprint density at radius 1 is 0.952 bits per heavy atom. The summed E-state index contributed by atoms with van der Waals surface area (Å²) in [5, 5.41) is 7.96. The number of carbonyl (C=O) groups is 2. The van der Waals surface area contributed by atoms with E-state index >= 15 is 0 Å². The van der Waals surface area contributed by atoms with Gasteiger partial charge >= 0.3 is 6.03 Å². The summed E-state index contributed by atoms with van der Waals surface area (Å²) in [6, 6.07) is -0.501. The van der Waals surface area contributed by atoms with Gasteiger partial charge in [-0.05, 0) is 12.8 Å². The number of nitrogens with one attached hydrogen (secondary N) is 3. The number of urea groups is 1. The smallest absolute Gasteiger partial charge is 0.322 e. The number of amides is 3. The zero-order valence-corrected chi connectivity index (χ0v) is 12.4. The largest absolute Gasteiger partial charge is 0.323 e. The van der Waals surface area contributed by atoms with Crippen LogP contribution in [0.3, 0.4) is 0 Å². The summed E-state index contributed by atoms with van der Waals surface area (Å²) in [5.74, 6) is -0.355. The second kappa shape index (κ2) is 5.20. The Morgan fingerprint density at radius 2 is 1.52 bits per heavy atom. The van der Waals surface area contributed by atoms with Crippen LogP contribution in [0.5, 0.6) is 0 Å². The van der Waals surface area contributed by atoms with E-state index in [0.29, 0.717) is 39.0 Å². The third-order valence-electron chi connectivity index (χ3n) is 4.32. The Labute approximate surface area is 123 Å². The number of piperidine rings is 1. The standard InChI is InChI=1S/C11H19N5O4S/c17-9-11(14-10(18)13-9)1-5-15(6-2-11)21(19,20)16-7-3-12-4-8-16/h12H,1-8H2,(H2,13,14,17,18). The number of imide groups is 1. The van der Waals surface area contributed by atoms with Gasteiger partial charge in [0.05, 0.1) is 0 Å². The molecule has 3 rings (SSSR count). The summed E-state index contributed by atoms with van der Waals surface area (Å²) >= 11 is 0. The molecule has 118 valence electrons. The van der Waals surface area contributed by atoms with Crippen molar-refractivity contribution < 1.29 is 18.0 Å². The Bertz CT molecular complexity index is 549. The van der Waals surface area contributed by atoms with Crippen molar-refractivity contribution in [1.29, 1.82) is 0 Å². The zero-order valence-electron chi connectivity index (χ0n) is 11.6. The maximum atomic E-state index is 12.5. The van der Waals surface area contributed by atoms with Gasteiger partial charge in [-0.25, -0.2) is 4.79 Å². The molecule has 3 amide bonds. The summed E-state index contributed by atoms with van der Waals surface area (Å²) in [4.78, 5) is 23.1. The first-order valence-corrected chi connectivity index (χ1v) is 8.43. The van der Waals surface area contributed by atoms with Crippen molar-refractivity contribution in [3.63, 3.8) is 0 Å². The second-order valence-electron chi connectivity index (χ2n) is 5.55. The van der Waals surface area contributed by atoms with Crippen LogP contribution in [0, 0.1) is 0 Å². The van der Waals surface area contributed by atoms with Gasteiger partial charge in [-0.15, -0.1) is 0 Å². The van der Waals surface area contributed by atoms with Crippen molar-refractivity contribution in [2.75, 3.05) is 39.3 Å². The van der Waals surface area contributed by atoms with Crippen LogP contribution in [-0.4, -0.2) is 73.8 Å². The maximum Gasteiger partial charge on any atom is 0.322 e. The molecule has 3 saturated heterocycles. The van der Waals surface area contributed by atoms with E-state index in [-0.39, 0.29) is 19.0 Å². The summed E-state index contributed by atoms with van der Waals surface area (Å²) in [6.45, 7) is 2.69. The molecule has 3 heterocycles. The minimum Gasteiger partial charge on any atom is -0.323 e. The summed E-state index contributed by atoms with van der Waals surface area (Å²) in [6.07, 6.45) is 0.603. The lowest BCUT2D eigenvalue weighted by Crippen LogP contribution is -2.59. The lowest BCUT2D eigenvalue weighted by molar-refractivity contribution is -0.125. The van der Waals surface area contributed by atoms with Gasteiger partial charge < -0.3 is 10.6 Å². The molecule has 0 bridgehead atoms. The van der Waals surface area contributed by atoms with E-state index in [1.165, 1.54) is 8.61 Å². The normalized spacial score (nSPS) is 27.6. The van der Waals surface area contributed by atoms with Gasteiger partial charge in [-0.1, -0.05) is 0 Å². The zero-order chi connectivity index (χ0) is 15.1. The lowest BCUT2D eigenvalue weighted by Gasteiger charge is -2.39. The highest BCUT2D eigenvalue weighted by atomic mass is 32.2. The SMILES string of the molecule is O=C1NC(=O)C2(CCN(S(=O)(=O)N3CCNCC3)CC2)N1. The molecule has 1 spiro atoms. The number of piperazine rings is 1. The van der Waals surface area contributed by atoms with E-state index in [4.69, 9.17) is 0 Å². The quantitative estimate of drug-likeness (QED) is 0.501. The van der Waals surface area contributed by atoms with Gasteiger partial charge in [-0.3, -0.25) is 10.1 Å². The molecule has 0 aliphatic carbocycles. The van der Waals surface area contributed by atoms with Crippen LogP contribution < -0.4 is 16.0 Å². The van der Waals surface area contributed by atoms with E-state index in [1.54, 1.807) is 0 Å². The number of hydrogen-bond donors (Lipinski definition) is 3. The Morgan fingerprint density at radius 3 is 2.05 bits per heavy atom. The minimum absolute atomic E-state index is 0.236. The third kappa shape index (κ3) is 2.52. The monoisotopic (exact) mass is 317 g/mol. The van der Waals surface area contributed by atoms with Crippen molar-refractivity contribution in [3.8, 4) is 0 Å². The van der Waals surface area contributed by atoms with Gasteiger partial charge in [-0.2, -0.15) is 17.0 Å². The Balaban J connectivity index is 1.68. The molecule has 3 fully saturated rings. The first kappa shape index (κ1) is 14.7. The van der Waals surface area contributed by atoms with E-state index in [0.717, 1.165) is 0 Å². The van der Waals surface area contributed by atoms with E-state index in [9.17, 15) is 18.0 Å². The number of hydrogen-bond acceptors (Lipinski definition) is 5. The molecule has 0 radical (unpaired) electrons. The molecular formula is C11H19N5O4S. The Kier molecular flexibility index (Phi) is 3.64. The first-order chi connectivity index (χ1) is 9.94. The molecule has 0 unspecified atom stereocenters. The fourth-order valence-corrected chi connectivity index (χ4v) is 4.63. The van der Waals surface area contributed by atoms with Crippen LogP contribution in [-0.2, 0) is 15.0 Å². The number of rotatable bonds is 2. The number of nitrogens with zero attached hydrogens (tertiary/aromatic N) is 2. The molecule has 0 aromatic heterocycles. The van der Waals surface area contributed by atoms with E-state index in [1.807, 2.05) is 0 Å². The van der Waals surface area contributed by atoms with Gasteiger partial charge in [0.15, 0.2) is 0 Å². The fourth-order valence-electron chi connectivity index (χ4n) is 3.02. The van der Waals surface area contributed by atoms with Crippen molar-refractivity contribution in [1.82, 2.24) is 24.6 Å². The van der Waals surface area contributed by atoms with Crippen molar-refractivity contribution in [3.05, 3.63) is 0 Å². The molecule has 21 heavy (non-hydrogen) atoms. The molecule has 3 aliphatic heterocycles. The molecule has 0 aromatic rings. The predicted octanol–water partition coefficient (Wildman–Crippen LogP) is -2.19. The lowest BCUT2D eigenvalue weighted by atomic mass is 9.89. The average Bonchev–Trinajstić information content (AvgIpc) is 2.74. The summed E-state index contributed by atoms with van der Waals surface area (Å²) in [5.41, 5.74) is -0.938. The second-order valence-corrected chi connectivity index (χ2v) is 7.47. The van der Waals surface area contributed by atoms with Crippen LogP contribution in [0.15, 0.2) is 0 Å². The van der Waals surface area contributed by atoms with Crippen LogP contribution in [0.2, 0.25) is 0 Å². The molecule has 0 aromatic carbocycles. The maximum absolute atomic E-state index is 12.5.